The summed E-state index contributed by atoms with van der Waals surface area (Å²) in [5.41, 5.74) is 3.03. The summed E-state index contributed by atoms with van der Waals surface area (Å²) >= 11 is 7.99. The maximum Gasteiger partial charge on any atom is 0.167 e. The lowest BCUT2D eigenvalue weighted by Gasteiger charge is -2.36. The summed E-state index contributed by atoms with van der Waals surface area (Å²) in [6.45, 7) is 4.02. The molecule has 5 rings (SSSR count). The molecule has 0 spiro atoms. The second-order valence-corrected chi connectivity index (χ2v) is 9.47. The molecule has 3 aromatic rings. The Morgan fingerprint density at radius 1 is 1.25 bits per heavy atom. The van der Waals surface area contributed by atoms with Crippen molar-refractivity contribution in [2.24, 2.45) is 0 Å². The Labute approximate surface area is 174 Å². The Morgan fingerprint density at radius 3 is 2.86 bits per heavy atom. The van der Waals surface area contributed by atoms with Crippen molar-refractivity contribution in [3.63, 3.8) is 0 Å². The Balaban J connectivity index is 1.16. The van der Waals surface area contributed by atoms with Crippen LogP contribution in [0, 0.1) is 0 Å². The molecule has 7 heteroatoms. The fourth-order valence-corrected chi connectivity index (χ4v) is 5.25. The molecule has 1 aliphatic carbocycles. The van der Waals surface area contributed by atoms with E-state index in [1.807, 2.05) is 29.5 Å². The number of aromatic nitrogens is 2. The number of hydrogen-bond donors (Lipinski definition) is 0. The van der Waals surface area contributed by atoms with E-state index in [-0.39, 0.29) is 0 Å². The van der Waals surface area contributed by atoms with Gasteiger partial charge in [0.05, 0.1) is 10.7 Å². The van der Waals surface area contributed by atoms with Crippen molar-refractivity contribution in [2.75, 3.05) is 20.1 Å². The number of rotatable bonds is 6. The van der Waals surface area contributed by atoms with Crippen LogP contribution in [0.2, 0.25) is 5.02 Å². The summed E-state index contributed by atoms with van der Waals surface area (Å²) in [7, 11) is 2.19. The predicted molar refractivity (Wildman–Crippen MR) is 113 cm³/mol. The van der Waals surface area contributed by atoms with Gasteiger partial charge >= 0.3 is 0 Å². The average molecular weight is 417 g/mol. The van der Waals surface area contributed by atoms with E-state index in [1.165, 1.54) is 36.4 Å². The van der Waals surface area contributed by atoms with Crippen LogP contribution in [-0.2, 0) is 13.1 Å². The van der Waals surface area contributed by atoms with Crippen LogP contribution >= 0.6 is 22.9 Å². The van der Waals surface area contributed by atoms with Crippen molar-refractivity contribution in [1.29, 1.82) is 0 Å². The molecule has 148 valence electrons. The zero-order chi connectivity index (χ0) is 19.1. The molecule has 5 nitrogen and oxygen atoms in total. The lowest BCUT2D eigenvalue weighted by atomic mass is 10.0. The zero-order valence-corrected chi connectivity index (χ0v) is 17.7. The van der Waals surface area contributed by atoms with Gasteiger partial charge in [-0.15, -0.1) is 11.3 Å². The highest BCUT2D eigenvalue weighted by molar-refractivity contribution is 7.09. The number of nitrogens with zero attached hydrogens (tertiary/aromatic N) is 4. The average Bonchev–Trinajstić information content (AvgIpc) is 3.33. The molecule has 1 aliphatic heterocycles. The maximum absolute atomic E-state index is 6.14. The fraction of sp³-hybridized carbons (Fsp3) is 0.524. The molecule has 2 fully saturated rings. The number of hydrogen-bond acceptors (Lipinski definition) is 6. The summed E-state index contributed by atoms with van der Waals surface area (Å²) in [6.07, 6.45) is 5.01. The van der Waals surface area contributed by atoms with Gasteiger partial charge in [-0.05, 0) is 50.9 Å². The van der Waals surface area contributed by atoms with E-state index < -0.39 is 0 Å². The SMILES string of the molecule is CN(Cc1noc2ccc(Cl)cc12)C1CCN(Cc2csc(C3CC3)n2)CC1. The van der Waals surface area contributed by atoms with Gasteiger partial charge in [-0.3, -0.25) is 9.80 Å². The van der Waals surface area contributed by atoms with E-state index >= 15 is 0 Å². The van der Waals surface area contributed by atoms with E-state index in [2.05, 4.69) is 27.4 Å². The van der Waals surface area contributed by atoms with E-state index in [0.717, 1.165) is 53.8 Å². The molecule has 0 radical (unpaired) electrons. The van der Waals surface area contributed by atoms with Crippen molar-refractivity contribution < 1.29 is 4.52 Å². The quantitative estimate of drug-likeness (QED) is 0.571. The van der Waals surface area contributed by atoms with Crippen LogP contribution in [0.4, 0.5) is 0 Å². The molecule has 1 aromatic carbocycles. The van der Waals surface area contributed by atoms with Gasteiger partial charge in [0.1, 0.15) is 5.69 Å². The first-order valence-electron chi connectivity index (χ1n) is 10.1. The van der Waals surface area contributed by atoms with E-state index in [9.17, 15) is 0 Å². The van der Waals surface area contributed by atoms with Crippen LogP contribution in [0.3, 0.4) is 0 Å². The van der Waals surface area contributed by atoms with Gasteiger partial charge in [0, 0.05) is 53.9 Å². The zero-order valence-electron chi connectivity index (χ0n) is 16.1. The largest absolute Gasteiger partial charge is 0.356 e. The van der Waals surface area contributed by atoms with Crippen LogP contribution in [0.25, 0.3) is 11.0 Å². The highest BCUT2D eigenvalue weighted by atomic mass is 35.5. The van der Waals surface area contributed by atoms with Gasteiger partial charge in [0.25, 0.3) is 0 Å². The van der Waals surface area contributed by atoms with Crippen LogP contribution < -0.4 is 0 Å². The Bertz CT molecular complexity index is 958. The maximum atomic E-state index is 6.14. The van der Waals surface area contributed by atoms with Gasteiger partial charge in [0.2, 0.25) is 0 Å². The van der Waals surface area contributed by atoms with Crippen molar-refractivity contribution >= 4 is 33.9 Å². The number of fused-ring (bicyclic) bond motifs is 1. The summed E-state index contributed by atoms with van der Waals surface area (Å²) in [4.78, 5) is 9.79. The summed E-state index contributed by atoms with van der Waals surface area (Å²) in [5.74, 6) is 0.764. The molecular formula is C21H25ClN4OS. The van der Waals surface area contributed by atoms with E-state index in [4.69, 9.17) is 21.1 Å². The molecule has 28 heavy (non-hydrogen) atoms. The lowest BCUT2D eigenvalue weighted by molar-refractivity contribution is 0.117. The monoisotopic (exact) mass is 416 g/mol. The van der Waals surface area contributed by atoms with Gasteiger partial charge in [-0.2, -0.15) is 0 Å². The Morgan fingerprint density at radius 2 is 2.07 bits per heavy atom. The molecule has 1 saturated heterocycles. The molecule has 0 N–H and O–H groups in total. The number of benzene rings is 1. The molecular weight excluding hydrogens is 392 g/mol. The third-order valence-corrected chi connectivity index (χ3v) is 7.26. The molecule has 2 aromatic heterocycles. The first-order valence-corrected chi connectivity index (χ1v) is 11.3. The summed E-state index contributed by atoms with van der Waals surface area (Å²) in [5, 5.41) is 9.62. The minimum atomic E-state index is 0.569. The Hall–Kier alpha value is -1.47. The van der Waals surface area contributed by atoms with Gasteiger partial charge < -0.3 is 4.52 Å². The molecule has 0 unspecified atom stereocenters. The second-order valence-electron chi connectivity index (χ2n) is 8.14. The molecule has 3 heterocycles. The predicted octanol–water partition coefficient (Wildman–Crippen LogP) is 4.91. The van der Waals surface area contributed by atoms with Crippen molar-refractivity contribution in [3.05, 3.63) is 45.0 Å². The lowest BCUT2D eigenvalue weighted by Crippen LogP contribution is -2.42. The minimum Gasteiger partial charge on any atom is -0.356 e. The third-order valence-electron chi connectivity index (χ3n) is 5.97. The van der Waals surface area contributed by atoms with Gasteiger partial charge in [0.15, 0.2) is 5.58 Å². The van der Waals surface area contributed by atoms with Crippen molar-refractivity contribution in [2.45, 2.75) is 50.7 Å². The topological polar surface area (TPSA) is 45.4 Å². The number of halogens is 1. The second kappa shape index (κ2) is 7.75. The van der Waals surface area contributed by atoms with Crippen LogP contribution in [0.1, 0.15) is 48.0 Å². The normalized spacial score (nSPS) is 19.1. The minimum absolute atomic E-state index is 0.569. The molecule has 0 bridgehead atoms. The summed E-state index contributed by atoms with van der Waals surface area (Å²) < 4.78 is 5.45. The number of likely N-dealkylation sites (tertiary alicyclic amines) is 1. The van der Waals surface area contributed by atoms with Gasteiger partial charge in [-0.1, -0.05) is 16.8 Å². The standard InChI is InChI=1S/C21H25ClN4OS/c1-25(12-19-18-10-15(22)4-5-20(18)27-24-19)17-6-8-26(9-7-17)11-16-13-28-21(23-16)14-2-3-14/h4-5,10,13-14,17H,2-3,6-9,11-12H2,1H3. The van der Waals surface area contributed by atoms with Crippen molar-refractivity contribution in [1.82, 2.24) is 19.9 Å². The van der Waals surface area contributed by atoms with Crippen LogP contribution in [-0.4, -0.2) is 46.1 Å². The highest BCUT2D eigenvalue weighted by Gasteiger charge is 2.28. The number of thiazole rings is 1. The first-order chi connectivity index (χ1) is 13.7. The van der Waals surface area contributed by atoms with Crippen LogP contribution in [0.15, 0.2) is 28.1 Å². The smallest absolute Gasteiger partial charge is 0.167 e. The highest BCUT2D eigenvalue weighted by Crippen LogP contribution is 2.41. The molecule has 0 atom stereocenters. The summed E-state index contributed by atoms with van der Waals surface area (Å²) in [6, 6.07) is 6.25. The number of piperidine rings is 1. The Kier molecular flexibility index (Phi) is 5.13. The van der Waals surface area contributed by atoms with Crippen molar-refractivity contribution in [3.8, 4) is 0 Å². The van der Waals surface area contributed by atoms with E-state index in [0.29, 0.717) is 6.04 Å². The van der Waals surface area contributed by atoms with E-state index in [1.54, 1.807) is 0 Å². The molecule has 0 amide bonds. The van der Waals surface area contributed by atoms with Crippen LogP contribution in [0.5, 0.6) is 0 Å². The van der Waals surface area contributed by atoms with Gasteiger partial charge in [-0.25, -0.2) is 4.98 Å². The first kappa shape index (κ1) is 18.6. The fourth-order valence-electron chi connectivity index (χ4n) is 4.10. The molecule has 2 aliphatic rings. The molecule has 1 saturated carbocycles. The third kappa shape index (κ3) is 3.96.